The Bertz CT molecular complexity index is 500. The van der Waals surface area contributed by atoms with Crippen LogP contribution in [0.1, 0.15) is 45.7 Å². The number of nitrogens with one attached hydrogen (secondary N) is 1. The summed E-state index contributed by atoms with van der Waals surface area (Å²) in [6.07, 6.45) is -0.417. The predicted octanol–water partition coefficient (Wildman–Crippen LogP) is 4.50. The van der Waals surface area contributed by atoms with Gasteiger partial charge < -0.3 is 9.64 Å². The van der Waals surface area contributed by atoms with Crippen molar-refractivity contribution in [3.63, 3.8) is 0 Å². The van der Waals surface area contributed by atoms with Crippen molar-refractivity contribution in [2.24, 2.45) is 0 Å². The number of carbonyl (C=O) groups is 1. The van der Waals surface area contributed by atoms with E-state index in [1.807, 2.05) is 33.8 Å². The van der Waals surface area contributed by atoms with Gasteiger partial charge >= 0.3 is 6.09 Å². The molecular formula is C17H28N2O2. The van der Waals surface area contributed by atoms with E-state index < -0.39 is 11.7 Å². The first-order chi connectivity index (χ1) is 9.67. The Morgan fingerprint density at radius 1 is 1.14 bits per heavy atom. The first-order valence-corrected chi connectivity index (χ1v) is 7.54. The lowest BCUT2D eigenvalue weighted by Gasteiger charge is -2.25. The fraction of sp³-hybridized carbons (Fsp3) is 0.588. The van der Waals surface area contributed by atoms with Gasteiger partial charge in [0.2, 0.25) is 0 Å². The summed E-state index contributed by atoms with van der Waals surface area (Å²) in [5, 5.41) is 2.85. The number of carbonyl (C=O) groups excluding carboxylic acids is 1. The molecule has 0 atom stereocenters. The third kappa shape index (κ3) is 4.96. The number of nitrogens with zero attached hydrogens (tertiary/aromatic N) is 1. The number of rotatable bonds is 4. The number of benzene rings is 1. The van der Waals surface area contributed by atoms with Gasteiger partial charge in [-0.25, -0.2) is 4.79 Å². The van der Waals surface area contributed by atoms with Crippen molar-refractivity contribution in [1.82, 2.24) is 0 Å². The summed E-state index contributed by atoms with van der Waals surface area (Å²) in [4.78, 5) is 14.2. The van der Waals surface area contributed by atoms with Crippen LogP contribution in [0.3, 0.4) is 0 Å². The summed E-state index contributed by atoms with van der Waals surface area (Å²) in [5.74, 6) is 0. The largest absolute Gasteiger partial charge is 0.444 e. The second kappa shape index (κ2) is 6.83. The van der Waals surface area contributed by atoms with E-state index in [0.29, 0.717) is 0 Å². The topological polar surface area (TPSA) is 41.6 Å². The maximum atomic E-state index is 11.9. The molecule has 0 aliphatic heterocycles. The molecule has 1 amide bonds. The zero-order valence-corrected chi connectivity index (χ0v) is 14.3. The molecule has 0 unspecified atom stereocenters. The van der Waals surface area contributed by atoms with E-state index in [-0.39, 0.29) is 0 Å². The van der Waals surface area contributed by atoms with Crippen LogP contribution >= 0.6 is 0 Å². The molecule has 4 heteroatoms. The Kier molecular flexibility index (Phi) is 5.64. The fourth-order valence-electron chi connectivity index (χ4n) is 2.29. The van der Waals surface area contributed by atoms with Gasteiger partial charge in [0.05, 0.1) is 0 Å². The molecule has 0 aliphatic rings. The average molecular weight is 292 g/mol. The van der Waals surface area contributed by atoms with Gasteiger partial charge in [-0.15, -0.1) is 0 Å². The minimum Gasteiger partial charge on any atom is -0.444 e. The van der Waals surface area contributed by atoms with Gasteiger partial charge in [0.15, 0.2) is 0 Å². The monoisotopic (exact) mass is 292 g/mol. The maximum absolute atomic E-state index is 11.9. The zero-order valence-electron chi connectivity index (χ0n) is 14.3. The molecule has 4 nitrogen and oxygen atoms in total. The van der Waals surface area contributed by atoms with Gasteiger partial charge in [0.1, 0.15) is 5.60 Å². The Hall–Kier alpha value is -1.71. The molecule has 1 aromatic carbocycles. The third-order valence-corrected chi connectivity index (χ3v) is 3.28. The van der Waals surface area contributed by atoms with Crippen molar-refractivity contribution in [2.45, 2.75) is 54.1 Å². The summed E-state index contributed by atoms with van der Waals surface area (Å²) in [6.45, 7) is 15.8. The molecule has 0 saturated carbocycles. The smallest absolute Gasteiger partial charge is 0.412 e. The van der Waals surface area contributed by atoms with Gasteiger partial charge in [0.25, 0.3) is 0 Å². The van der Waals surface area contributed by atoms with Crippen LogP contribution in [0, 0.1) is 13.8 Å². The van der Waals surface area contributed by atoms with Crippen LogP contribution in [0.5, 0.6) is 0 Å². The number of hydrogen-bond acceptors (Lipinski definition) is 3. The van der Waals surface area contributed by atoms with Gasteiger partial charge in [-0.2, -0.15) is 0 Å². The number of ether oxygens (including phenoxy) is 1. The third-order valence-electron chi connectivity index (χ3n) is 3.28. The molecule has 118 valence electrons. The molecule has 0 bridgehead atoms. The number of aryl methyl sites for hydroxylation is 2. The highest BCUT2D eigenvalue weighted by Gasteiger charge is 2.17. The highest BCUT2D eigenvalue weighted by atomic mass is 16.6. The normalized spacial score (nSPS) is 11.2. The maximum Gasteiger partial charge on any atom is 0.412 e. The van der Waals surface area contributed by atoms with Gasteiger partial charge in [-0.05, 0) is 65.7 Å². The van der Waals surface area contributed by atoms with Crippen LogP contribution in [0.15, 0.2) is 12.1 Å². The SMILES string of the molecule is CCN(CC)c1cc(NC(=O)OC(C)(C)C)c(C)cc1C. The lowest BCUT2D eigenvalue weighted by Crippen LogP contribution is -2.28. The minimum absolute atomic E-state index is 0.417. The van der Waals surface area contributed by atoms with Crippen LogP contribution in [0.25, 0.3) is 0 Å². The van der Waals surface area contributed by atoms with Crippen molar-refractivity contribution in [2.75, 3.05) is 23.3 Å². The van der Waals surface area contributed by atoms with Crippen LogP contribution in [-0.4, -0.2) is 24.8 Å². The molecule has 1 rings (SSSR count). The second-order valence-corrected chi connectivity index (χ2v) is 6.25. The number of anilines is 2. The van der Waals surface area contributed by atoms with Crippen molar-refractivity contribution < 1.29 is 9.53 Å². The molecule has 0 saturated heterocycles. The van der Waals surface area contributed by atoms with E-state index in [0.717, 1.165) is 30.0 Å². The van der Waals surface area contributed by atoms with Crippen molar-refractivity contribution in [1.29, 1.82) is 0 Å². The average Bonchev–Trinajstić information content (AvgIpc) is 2.33. The van der Waals surface area contributed by atoms with Gasteiger partial charge in [-0.1, -0.05) is 6.07 Å². The van der Waals surface area contributed by atoms with E-state index in [9.17, 15) is 4.79 Å². The molecule has 1 N–H and O–H groups in total. The summed E-state index contributed by atoms with van der Waals surface area (Å²) < 4.78 is 5.32. The lowest BCUT2D eigenvalue weighted by atomic mass is 10.1. The number of amides is 1. The summed E-state index contributed by atoms with van der Waals surface area (Å²) in [7, 11) is 0. The molecule has 0 heterocycles. The molecule has 0 radical (unpaired) electrons. The fourth-order valence-corrected chi connectivity index (χ4v) is 2.29. The van der Waals surface area contributed by atoms with E-state index in [4.69, 9.17) is 4.74 Å². The van der Waals surface area contributed by atoms with Crippen molar-refractivity contribution in [3.05, 3.63) is 23.3 Å². The van der Waals surface area contributed by atoms with E-state index in [2.05, 4.69) is 37.1 Å². The first kappa shape index (κ1) is 17.3. The van der Waals surface area contributed by atoms with E-state index in [1.165, 1.54) is 5.56 Å². The van der Waals surface area contributed by atoms with Crippen LogP contribution in [0.4, 0.5) is 16.2 Å². The van der Waals surface area contributed by atoms with E-state index >= 15 is 0 Å². The highest BCUT2D eigenvalue weighted by molar-refractivity contribution is 5.87. The Morgan fingerprint density at radius 2 is 1.71 bits per heavy atom. The standard InChI is InChI=1S/C17H28N2O2/c1-8-19(9-2)15-11-14(12(3)10-13(15)4)18-16(20)21-17(5,6)7/h10-11H,8-9H2,1-7H3,(H,18,20). The molecule has 0 spiro atoms. The highest BCUT2D eigenvalue weighted by Crippen LogP contribution is 2.28. The predicted molar refractivity (Wildman–Crippen MR) is 89.3 cm³/mol. The molecule has 1 aromatic rings. The Balaban J connectivity index is 3.02. The lowest BCUT2D eigenvalue weighted by molar-refractivity contribution is 0.0636. The Labute approximate surface area is 128 Å². The minimum atomic E-state index is -0.496. The molecule has 0 aliphatic carbocycles. The van der Waals surface area contributed by atoms with Gasteiger partial charge in [-0.3, -0.25) is 5.32 Å². The molecular weight excluding hydrogens is 264 g/mol. The molecule has 21 heavy (non-hydrogen) atoms. The van der Waals surface area contributed by atoms with Crippen LogP contribution < -0.4 is 10.2 Å². The summed E-state index contributed by atoms with van der Waals surface area (Å²) >= 11 is 0. The summed E-state index contributed by atoms with van der Waals surface area (Å²) in [5.41, 5.74) is 3.71. The second-order valence-electron chi connectivity index (χ2n) is 6.25. The Morgan fingerprint density at radius 3 is 2.19 bits per heavy atom. The summed E-state index contributed by atoms with van der Waals surface area (Å²) in [6, 6.07) is 4.13. The molecule has 0 aromatic heterocycles. The van der Waals surface area contributed by atoms with Crippen LogP contribution in [0.2, 0.25) is 0 Å². The molecule has 0 fully saturated rings. The van der Waals surface area contributed by atoms with E-state index in [1.54, 1.807) is 0 Å². The van der Waals surface area contributed by atoms with Crippen molar-refractivity contribution >= 4 is 17.5 Å². The quantitative estimate of drug-likeness (QED) is 0.888. The van der Waals surface area contributed by atoms with Crippen LogP contribution in [-0.2, 0) is 4.74 Å². The van der Waals surface area contributed by atoms with Gasteiger partial charge in [0, 0.05) is 24.5 Å². The number of hydrogen-bond donors (Lipinski definition) is 1. The zero-order chi connectivity index (χ0) is 16.2. The first-order valence-electron chi connectivity index (χ1n) is 7.54. The van der Waals surface area contributed by atoms with Crippen molar-refractivity contribution in [3.8, 4) is 0 Å².